The summed E-state index contributed by atoms with van der Waals surface area (Å²) in [5, 5.41) is 16.2. The second kappa shape index (κ2) is 10.4. The summed E-state index contributed by atoms with van der Waals surface area (Å²) >= 11 is 0. The Kier molecular flexibility index (Phi) is 7.55. The standard InChI is InChI=1S/C20H22FN5O6S/c21-16-7-5-15(6-8-16)13-22-20(28)23-14-19(27)24-9-11-25(12-10-24)33(31,32)18-4-2-1-3-17(18)26(29)30/h1-8H,9-14H2,(H2,22,23,28). The zero-order valence-corrected chi connectivity index (χ0v) is 18.3. The Labute approximate surface area is 189 Å². The van der Waals surface area contributed by atoms with E-state index in [1.54, 1.807) is 0 Å². The molecular formula is C20H22FN5O6S. The van der Waals surface area contributed by atoms with Gasteiger partial charge in [0.15, 0.2) is 4.90 Å². The number of nitrogens with one attached hydrogen (secondary N) is 2. The lowest BCUT2D eigenvalue weighted by Gasteiger charge is -2.34. The largest absolute Gasteiger partial charge is 0.339 e. The molecule has 0 bridgehead atoms. The quantitative estimate of drug-likeness (QED) is 0.449. The van der Waals surface area contributed by atoms with E-state index in [4.69, 9.17) is 0 Å². The number of hydrogen-bond donors (Lipinski definition) is 2. The van der Waals surface area contributed by atoms with E-state index >= 15 is 0 Å². The minimum atomic E-state index is -4.10. The number of carbonyl (C=O) groups is 2. The molecule has 1 saturated heterocycles. The minimum Gasteiger partial charge on any atom is -0.339 e. The molecule has 2 N–H and O–H groups in total. The lowest BCUT2D eigenvalue weighted by molar-refractivity contribution is -0.387. The van der Waals surface area contributed by atoms with Crippen molar-refractivity contribution in [2.45, 2.75) is 11.4 Å². The van der Waals surface area contributed by atoms with Gasteiger partial charge in [0.25, 0.3) is 5.69 Å². The van der Waals surface area contributed by atoms with E-state index in [1.807, 2.05) is 0 Å². The Morgan fingerprint density at radius 2 is 1.64 bits per heavy atom. The van der Waals surface area contributed by atoms with E-state index in [0.717, 1.165) is 10.4 Å². The average molecular weight is 479 g/mol. The summed E-state index contributed by atoms with van der Waals surface area (Å²) in [5.74, 6) is -0.779. The van der Waals surface area contributed by atoms with Crippen LogP contribution in [0, 0.1) is 15.9 Å². The Bertz CT molecular complexity index is 1130. The first-order valence-corrected chi connectivity index (χ1v) is 11.4. The van der Waals surface area contributed by atoms with Crippen molar-refractivity contribution >= 4 is 27.6 Å². The van der Waals surface area contributed by atoms with Crippen LogP contribution in [0.3, 0.4) is 0 Å². The van der Waals surface area contributed by atoms with Gasteiger partial charge < -0.3 is 15.5 Å². The van der Waals surface area contributed by atoms with Crippen LogP contribution < -0.4 is 10.6 Å². The third-order valence-corrected chi connectivity index (χ3v) is 6.98. The van der Waals surface area contributed by atoms with Crippen molar-refractivity contribution in [2.24, 2.45) is 0 Å². The number of nitro benzene ring substituents is 1. The molecule has 2 aromatic rings. The number of benzene rings is 2. The summed E-state index contributed by atoms with van der Waals surface area (Å²) < 4.78 is 39.7. The van der Waals surface area contributed by atoms with Crippen molar-refractivity contribution in [1.29, 1.82) is 0 Å². The van der Waals surface area contributed by atoms with Crippen LogP contribution in [0.25, 0.3) is 0 Å². The maximum Gasteiger partial charge on any atom is 0.315 e. The van der Waals surface area contributed by atoms with Gasteiger partial charge in [-0.25, -0.2) is 17.6 Å². The second-order valence-electron chi connectivity index (χ2n) is 7.17. The number of carbonyl (C=O) groups excluding carboxylic acids is 2. The smallest absolute Gasteiger partial charge is 0.315 e. The van der Waals surface area contributed by atoms with Crippen molar-refractivity contribution in [3.05, 3.63) is 70.0 Å². The number of piperazine rings is 1. The molecule has 13 heteroatoms. The van der Waals surface area contributed by atoms with Crippen LogP contribution in [0.15, 0.2) is 53.4 Å². The van der Waals surface area contributed by atoms with Gasteiger partial charge in [-0.1, -0.05) is 24.3 Å². The molecule has 33 heavy (non-hydrogen) atoms. The molecule has 0 radical (unpaired) electrons. The maximum absolute atomic E-state index is 12.9. The third-order valence-electron chi connectivity index (χ3n) is 5.04. The molecule has 0 saturated carbocycles. The number of para-hydroxylation sites is 1. The Morgan fingerprint density at radius 1 is 1.00 bits per heavy atom. The number of urea groups is 1. The molecule has 1 aliphatic rings. The van der Waals surface area contributed by atoms with Crippen LogP contribution in [0.1, 0.15) is 5.56 Å². The monoisotopic (exact) mass is 479 g/mol. The lowest BCUT2D eigenvalue weighted by atomic mass is 10.2. The molecule has 11 nitrogen and oxygen atoms in total. The number of nitrogens with zero attached hydrogens (tertiary/aromatic N) is 3. The number of rotatable bonds is 7. The number of halogens is 1. The first kappa shape index (κ1) is 24.1. The fraction of sp³-hybridized carbons (Fsp3) is 0.300. The summed E-state index contributed by atoms with van der Waals surface area (Å²) in [5.41, 5.74) is 0.181. The summed E-state index contributed by atoms with van der Waals surface area (Å²) in [6.45, 7) is -0.0302. The molecule has 1 fully saturated rings. The van der Waals surface area contributed by atoms with E-state index in [0.29, 0.717) is 5.56 Å². The molecule has 3 rings (SSSR count). The molecule has 0 spiro atoms. The van der Waals surface area contributed by atoms with E-state index in [-0.39, 0.29) is 45.1 Å². The first-order valence-electron chi connectivity index (χ1n) is 9.96. The molecule has 1 aliphatic heterocycles. The molecule has 176 valence electrons. The summed E-state index contributed by atoms with van der Waals surface area (Å²) in [6, 6.07) is 10.1. The highest BCUT2D eigenvalue weighted by Crippen LogP contribution is 2.26. The average Bonchev–Trinajstić information content (AvgIpc) is 2.82. The Balaban J connectivity index is 1.48. The fourth-order valence-electron chi connectivity index (χ4n) is 3.26. The van der Waals surface area contributed by atoms with Gasteiger partial charge in [-0.3, -0.25) is 14.9 Å². The van der Waals surface area contributed by atoms with Crippen LogP contribution in [-0.2, 0) is 21.4 Å². The van der Waals surface area contributed by atoms with Gasteiger partial charge in [-0.2, -0.15) is 4.31 Å². The van der Waals surface area contributed by atoms with Gasteiger partial charge >= 0.3 is 6.03 Å². The van der Waals surface area contributed by atoms with Crippen LogP contribution >= 0.6 is 0 Å². The number of sulfonamides is 1. The van der Waals surface area contributed by atoms with Crippen LogP contribution in [0.5, 0.6) is 0 Å². The molecule has 3 amide bonds. The highest BCUT2D eigenvalue weighted by molar-refractivity contribution is 7.89. The summed E-state index contributed by atoms with van der Waals surface area (Å²) in [4.78, 5) is 35.7. The molecule has 2 aromatic carbocycles. The molecular weight excluding hydrogens is 457 g/mol. The topological polar surface area (TPSA) is 142 Å². The maximum atomic E-state index is 12.9. The molecule has 0 aliphatic carbocycles. The van der Waals surface area contributed by atoms with Crippen molar-refractivity contribution < 1.29 is 27.3 Å². The van der Waals surface area contributed by atoms with Gasteiger partial charge in [-0.15, -0.1) is 0 Å². The zero-order chi connectivity index (χ0) is 24.0. The SMILES string of the molecule is O=C(NCC(=O)N1CCN(S(=O)(=O)c2ccccc2[N+](=O)[O-])CC1)NCc1ccc(F)cc1. The highest BCUT2D eigenvalue weighted by atomic mass is 32.2. The third kappa shape index (κ3) is 6.02. The molecule has 0 atom stereocenters. The van der Waals surface area contributed by atoms with Crippen LogP contribution in [-0.4, -0.2) is 67.2 Å². The Morgan fingerprint density at radius 3 is 2.27 bits per heavy atom. The van der Waals surface area contributed by atoms with Crippen LogP contribution in [0.4, 0.5) is 14.9 Å². The van der Waals surface area contributed by atoms with Gasteiger partial charge in [0, 0.05) is 38.8 Å². The second-order valence-corrected chi connectivity index (χ2v) is 9.08. The molecule has 1 heterocycles. The van der Waals surface area contributed by atoms with E-state index in [1.165, 1.54) is 47.4 Å². The van der Waals surface area contributed by atoms with Gasteiger partial charge in [0.05, 0.1) is 11.5 Å². The van der Waals surface area contributed by atoms with E-state index < -0.39 is 37.5 Å². The van der Waals surface area contributed by atoms with Crippen LogP contribution in [0.2, 0.25) is 0 Å². The lowest BCUT2D eigenvalue weighted by Crippen LogP contribution is -2.53. The minimum absolute atomic E-state index is 0.0309. The van der Waals surface area contributed by atoms with Crippen molar-refractivity contribution in [2.75, 3.05) is 32.7 Å². The predicted molar refractivity (Wildman–Crippen MR) is 115 cm³/mol. The van der Waals surface area contributed by atoms with E-state index in [9.17, 15) is 32.5 Å². The summed E-state index contributed by atoms with van der Waals surface area (Å²) in [7, 11) is -4.10. The van der Waals surface area contributed by atoms with Crippen molar-refractivity contribution in [3.63, 3.8) is 0 Å². The first-order chi connectivity index (χ1) is 15.7. The van der Waals surface area contributed by atoms with Gasteiger partial charge in [0.1, 0.15) is 5.82 Å². The highest BCUT2D eigenvalue weighted by Gasteiger charge is 2.34. The van der Waals surface area contributed by atoms with E-state index in [2.05, 4.69) is 10.6 Å². The van der Waals surface area contributed by atoms with Gasteiger partial charge in [0.2, 0.25) is 15.9 Å². The Hall–Kier alpha value is -3.58. The van der Waals surface area contributed by atoms with Crippen molar-refractivity contribution in [1.82, 2.24) is 19.8 Å². The van der Waals surface area contributed by atoms with Gasteiger partial charge in [-0.05, 0) is 23.8 Å². The van der Waals surface area contributed by atoms with Crippen molar-refractivity contribution in [3.8, 4) is 0 Å². The molecule has 0 aromatic heterocycles. The molecule has 0 unspecified atom stereocenters. The predicted octanol–water partition coefficient (Wildman–Crippen LogP) is 1.07. The number of nitro groups is 1. The number of amides is 3. The fourth-order valence-corrected chi connectivity index (χ4v) is 4.84. The number of hydrogen-bond acceptors (Lipinski definition) is 6. The summed E-state index contributed by atoms with van der Waals surface area (Å²) in [6.07, 6.45) is 0. The normalized spacial score (nSPS) is 14.5. The zero-order valence-electron chi connectivity index (χ0n) is 17.4.